The first kappa shape index (κ1) is 11.8. The maximum atomic E-state index is 10.9. The Kier molecular flexibility index (Phi) is 3.70. The summed E-state index contributed by atoms with van der Waals surface area (Å²) >= 11 is 0. The number of nitrogens with one attached hydrogen (secondary N) is 2. The molecule has 0 spiro atoms. The number of hydrogen-bond acceptors (Lipinski definition) is 5. The van der Waals surface area contributed by atoms with E-state index in [-0.39, 0.29) is 0 Å². The molecule has 6 heteroatoms. The van der Waals surface area contributed by atoms with Gasteiger partial charge in [0.2, 0.25) is 0 Å². The van der Waals surface area contributed by atoms with Gasteiger partial charge in [-0.15, -0.1) is 0 Å². The molecule has 2 rings (SSSR count). The van der Waals surface area contributed by atoms with Gasteiger partial charge in [0, 0.05) is 11.8 Å². The van der Waals surface area contributed by atoms with Gasteiger partial charge < -0.3 is 4.74 Å². The van der Waals surface area contributed by atoms with E-state index < -0.39 is 5.69 Å². The lowest BCUT2D eigenvalue weighted by Gasteiger charge is -2.03. The molecule has 0 aliphatic heterocycles. The van der Waals surface area contributed by atoms with E-state index in [4.69, 9.17) is 4.74 Å². The number of hydrogen-bond donors (Lipinski definition) is 2. The molecule has 0 fully saturated rings. The highest BCUT2D eigenvalue weighted by Gasteiger charge is 1.97. The second-order valence-corrected chi connectivity index (χ2v) is 3.40. The van der Waals surface area contributed by atoms with Crippen LogP contribution >= 0.6 is 0 Å². The fourth-order valence-electron chi connectivity index (χ4n) is 1.38. The zero-order chi connectivity index (χ0) is 12.8. The predicted octanol–water partition coefficient (Wildman–Crippen LogP) is 1.22. The minimum absolute atomic E-state index is 0.424. The summed E-state index contributed by atoms with van der Waals surface area (Å²) < 4.78 is 5.18. The Bertz CT molecular complexity index is 607. The van der Waals surface area contributed by atoms with Gasteiger partial charge in [-0.1, -0.05) is 12.1 Å². The first-order valence-corrected chi connectivity index (χ1v) is 5.27. The Morgan fingerprint density at radius 3 is 3.00 bits per heavy atom. The summed E-state index contributed by atoms with van der Waals surface area (Å²) in [5.74, 6) is 1.20. The molecule has 0 saturated carbocycles. The smallest absolute Gasteiger partial charge is 0.346 e. The molecule has 0 atom stereocenters. The number of anilines is 1. The highest BCUT2D eigenvalue weighted by Crippen LogP contribution is 2.14. The molecule has 0 unspecified atom stereocenters. The van der Waals surface area contributed by atoms with Crippen molar-refractivity contribution in [2.75, 3.05) is 12.5 Å². The molecular formula is C12H12N4O2. The lowest BCUT2D eigenvalue weighted by atomic mass is 10.2. The minimum atomic E-state index is -0.424. The van der Waals surface area contributed by atoms with Gasteiger partial charge in [0.15, 0.2) is 0 Å². The first-order chi connectivity index (χ1) is 8.79. The molecule has 1 aromatic heterocycles. The molecule has 0 aliphatic carbocycles. The van der Waals surface area contributed by atoms with Gasteiger partial charge in [-0.2, -0.15) is 5.10 Å². The van der Waals surface area contributed by atoms with E-state index in [1.807, 2.05) is 24.3 Å². The summed E-state index contributed by atoms with van der Waals surface area (Å²) in [6.07, 6.45) is 3.01. The highest BCUT2D eigenvalue weighted by atomic mass is 16.5. The third kappa shape index (κ3) is 2.94. The number of methoxy groups -OCH3 is 1. The number of para-hydroxylation sites is 1. The maximum Gasteiger partial charge on any atom is 0.346 e. The highest BCUT2D eigenvalue weighted by molar-refractivity contribution is 5.83. The predicted molar refractivity (Wildman–Crippen MR) is 69.1 cm³/mol. The van der Waals surface area contributed by atoms with Gasteiger partial charge in [0.25, 0.3) is 0 Å². The zero-order valence-corrected chi connectivity index (χ0v) is 9.75. The molecule has 1 heterocycles. The zero-order valence-electron chi connectivity index (χ0n) is 9.75. The normalized spacial score (nSPS) is 10.5. The van der Waals surface area contributed by atoms with Crippen molar-refractivity contribution < 1.29 is 4.74 Å². The monoisotopic (exact) mass is 244 g/mol. The van der Waals surface area contributed by atoms with Crippen LogP contribution in [0.2, 0.25) is 0 Å². The number of aromatic amines is 1. The largest absolute Gasteiger partial charge is 0.496 e. The number of H-pyrrole nitrogens is 1. The molecule has 92 valence electrons. The average Bonchev–Trinajstić information content (AvgIpc) is 2.39. The Morgan fingerprint density at radius 1 is 1.39 bits per heavy atom. The molecule has 1 aromatic carbocycles. The van der Waals surface area contributed by atoms with Crippen LogP contribution in [0.3, 0.4) is 0 Å². The Morgan fingerprint density at radius 2 is 2.22 bits per heavy atom. The lowest BCUT2D eigenvalue weighted by molar-refractivity contribution is 0.414. The van der Waals surface area contributed by atoms with Crippen LogP contribution in [0.1, 0.15) is 5.56 Å². The van der Waals surface area contributed by atoms with Crippen molar-refractivity contribution in [1.82, 2.24) is 9.97 Å². The number of rotatable bonds is 4. The quantitative estimate of drug-likeness (QED) is 0.626. The molecular weight excluding hydrogens is 232 g/mol. The number of aromatic nitrogens is 2. The van der Waals surface area contributed by atoms with Crippen LogP contribution < -0.4 is 15.9 Å². The molecule has 0 aliphatic rings. The van der Waals surface area contributed by atoms with Crippen molar-refractivity contribution in [2.45, 2.75) is 0 Å². The van der Waals surface area contributed by atoms with Gasteiger partial charge >= 0.3 is 5.69 Å². The van der Waals surface area contributed by atoms with E-state index >= 15 is 0 Å². The van der Waals surface area contributed by atoms with Crippen LogP contribution in [0.25, 0.3) is 0 Å². The van der Waals surface area contributed by atoms with Gasteiger partial charge in [-0.25, -0.2) is 9.78 Å². The standard InChI is InChI=1S/C12H12N4O2/c1-18-10-5-3-2-4-9(10)8-14-16-11-6-7-13-12(17)15-11/h2-8H,1H3,(H2,13,15,16,17)/b14-8+. The Labute approximate surface area is 103 Å². The van der Waals surface area contributed by atoms with Crippen molar-refractivity contribution in [1.29, 1.82) is 0 Å². The van der Waals surface area contributed by atoms with E-state index in [1.165, 1.54) is 6.20 Å². The van der Waals surface area contributed by atoms with Gasteiger partial charge in [-0.3, -0.25) is 10.4 Å². The Hall–Kier alpha value is -2.63. The summed E-state index contributed by atoms with van der Waals surface area (Å²) in [5.41, 5.74) is 3.12. The van der Waals surface area contributed by atoms with Crippen LogP contribution in [0.4, 0.5) is 5.82 Å². The average molecular weight is 244 g/mol. The van der Waals surface area contributed by atoms with Crippen LogP contribution in [-0.2, 0) is 0 Å². The molecule has 0 radical (unpaired) electrons. The van der Waals surface area contributed by atoms with Crippen LogP contribution in [0.15, 0.2) is 46.4 Å². The second-order valence-electron chi connectivity index (χ2n) is 3.40. The van der Waals surface area contributed by atoms with Gasteiger partial charge in [-0.05, 0) is 18.2 Å². The molecule has 2 aromatic rings. The first-order valence-electron chi connectivity index (χ1n) is 5.27. The van der Waals surface area contributed by atoms with Crippen molar-refractivity contribution in [2.24, 2.45) is 5.10 Å². The summed E-state index contributed by atoms with van der Waals surface area (Å²) in [6.45, 7) is 0. The fourth-order valence-corrected chi connectivity index (χ4v) is 1.38. The molecule has 0 saturated heterocycles. The SMILES string of the molecule is COc1ccccc1/C=N/Nc1ccnc(=O)[nH]1. The van der Waals surface area contributed by atoms with Crippen molar-refractivity contribution in [3.05, 3.63) is 52.6 Å². The summed E-state index contributed by atoms with van der Waals surface area (Å²) in [5, 5.41) is 4.01. The second kappa shape index (κ2) is 5.62. The van der Waals surface area contributed by atoms with E-state index in [9.17, 15) is 4.79 Å². The number of benzene rings is 1. The molecule has 18 heavy (non-hydrogen) atoms. The van der Waals surface area contributed by atoms with Crippen LogP contribution in [0, 0.1) is 0 Å². The number of ether oxygens (including phenoxy) is 1. The van der Waals surface area contributed by atoms with E-state index in [0.29, 0.717) is 5.82 Å². The van der Waals surface area contributed by atoms with Crippen molar-refractivity contribution >= 4 is 12.0 Å². The molecule has 2 N–H and O–H groups in total. The van der Waals surface area contributed by atoms with Crippen LogP contribution in [0.5, 0.6) is 5.75 Å². The lowest BCUT2D eigenvalue weighted by Crippen LogP contribution is -2.10. The molecule has 0 bridgehead atoms. The summed E-state index contributed by atoms with van der Waals surface area (Å²) in [4.78, 5) is 17.0. The van der Waals surface area contributed by atoms with Crippen LogP contribution in [-0.4, -0.2) is 23.3 Å². The number of hydrazone groups is 1. The topological polar surface area (TPSA) is 79.4 Å². The van der Waals surface area contributed by atoms with Crippen molar-refractivity contribution in [3.63, 3.8) is 0 Å². The third-order valence-corrected chi connectivity index (χ3v) is 2.20. The fraction of sp³-hybridized carbons (Fsp3) is 0.0833. The molecule has 0 amide bonds. The van der Waals surface area contributed by atoms with Gasteiger partial charge in [0.05, 0.1) is 13.3 Å². The summed E-state index contributed by atoms with van der Waals surface area (Å²) in [6, 6.07) is 9.10. The number of nitrogens with zero attached hydrogens (tertiary/aromatic N) is 2. The van der Waals surface area contributed by atoms with E-state index in [1.54, 1.807) is 19.4 Å². The molecule has 6 nitrogen and oxygen atoms in total. The third-order valence-electron chi connectivity index (χ3n) is 2.20. The summed E-state index contributed by atoms with van der Waals surface area (Å²) in [7, 11) is 1.60. The maximum absolute atomic E-state index is 10.9. The van der Waals surface area contributed by atoms with E-state index in [0.717, 1.165) is 11.3 Å². The Balaban J connectivity index is 2.10. The van der Waals surface area contributed by atoms with Gasteiger partial charge in [0.1, 0.15) is 11.6 Å². The van der Waals surface area contributed by atoms with Crippen molar-refractivity contribution in [3.8, 4) is 5.75 Å². The minimum Gasteiger partial charge on any atom is -0.496 e. The van der Waals surface area contributed by atoms with E-state index in [2.05, 4.69) is 20.5 Å².